The summed E-state index contributed by atoms with van der Waals surface area (Å²) < 4.78 is 0. The zero-order valence-corrected chi connectivity index (χ0v) is 12.5. The first-order chi connectivity index (χ1) is 9.27. The number of benzene rings is 1. The third-order valence-electron chi connectivity index (χ3n) is 2.29. The van der Waals surface area contributed by atoms with Crippen LogP contribution in [0.5, 0.6) is 0 Å². The molecule has 2 rings (SSSR count). The lowest BCUT2D eigenvalue weighted by atomic mass is 10.0. The smallest absolute Gasteiger partial charge is 0.159 e. The fraction of sp³-hybridized carbons (Fsp3) is 0.294. The Kier molecular flexibility index (Phi) is 8.98. The van der Waals surface area contributed by atoms with Crippen LogP contribution in [0.3, 0.4) is 0 Å². The van der Waals surface area contributed by atoms with Crippen molar-refractivity contribution in [2.45, 2.75) is 34.6 Å². The zero-order valence-electron chi connectivity index (χ0n) is 12.5. The van der Waals surface area contributed by atoms with Crippen molar-refractivity contribution < 1.29 is 4.79 Å². The van der Waals surface area contributed by atoms with Crippen molar-refractivity contribution >= 4 is 5.78 Å². The highest BCUT2D eigenvalue weighted by Crippen LogP contribution is 2.18. The van der Waals surface area contributed by atoms with Crippen LogP contribution in [0, 0.1) is 0 Å². The van der Waals surface area contributed by atoms with Gasteiger partial charge in [-0.05, 0) is 24.1 Å². The number of aromatic nitrogens is 1. The average Bonchev–Trinajstić information content (AvgIpc) is 2.52. The van der Waals surface area contributed by atoms with E-state index < -0.39 is 0 Å². The molecule has 0 aliphatic carbocycles. The Labute approximate surface area is 116 Å². The quantitative estimate of drug-likeness (QED) is 0.708. The van der Waals surface area contributed by atoms with E-state index in [2.05, 4.69) is 4.98 Å². The Morgan fingerprint density at radius 3 is 1.89 bits per heavy atom. The minimum Gasteiger partial charge on any atom is -0.295 e. The van der Waals surface area contributed by atoms with Gasteiger partial charge in [-0.15, -0.1) is 0 Å². The fourth-order valence-electron chi connectivity index (χ4n) is 1.43. The van der Waals surface area contributed by atoms with E-state index in [4.69, 9.17) is 0 Å². The molecule has 0 saturated carbocycles. The maximum Gasteiger partial charge on any atom is 0.159 e. The van der Waals surface area contributed by atoms with Gasteiger partial charge in [0.15, 0.2) is 5.78 Å². The largest absolute Gasteiger partial charge is 0.295 e. The van der Waals surface area contributed by atoms with Crippen LogP contribution >= 0.6 is 0 Å². The van der Waals surface area contributed by atoms with Crippen LogP contribution in [0.4, 0.5) is 0 Å². The van der Waals surface area contributed by atoms with Crippen molar-refractivity contribution in [3.8, 4) is 11.1 Å². The monoisotopic (exact) mass is 257 g/mol. The maximum absolute atomic E-state index is 11.1. The molecule has 0 radical (unpaired) electrons. The summed E-state index contributed by atoms with van der Waals surface area (Å²) in [4.78, 5) is 15.1. The van der Waals surface area contributed by atoms with Gasteiger partial charge in [0.1, 0.15) is 0 Å². The van der Waals surface area contributed by atoms with Gasteiger partial charge >= 0.3 is 0 Å². The standard InChI is InChI=1S/C13H11NO.2C2H6/c1-10(15)11-4-6-12(7-5-11)13-3-2-8-14-9-13;2*1-2/h2-9H,1H3;2*1-2H3. The van der Waals surface area contributed by atoms with Crippen molar-refractivity contribution in [2.75, 3.05) is 0 Å². The van der Waals surface area contributed by atoms with Crippen molar-refractivity contribution in [2.24, 2.45) is 0 Å². The Bertz CT molecular complexity index is 460. The third kappa shape index (κ3) is 5.47. The molecule has 1 aromatic heterocycles. The van der Waals surface area contributed by atoms with E-state index in [0.29, 0.717) is 0 Å². The molecule has 1 heterocycles. The van der Waals surface area contributed by atoms with Crippen molar-refractivity contribution in [3.05, 3.63) is 54.4 Å². The highest BCUT2D eigenvalue weighted by Gasteiger charge is 2.00. The molecule has 0 bridgehead atoms. The molecule has 0 N–H and O–H groups in total. The number of carbonyl (C=O) groups excluding carboxylic acids is 1. The van der Waals surface area contributed by atoms with Crippen molar-refractivity contribution in [1.82, 2.24) is 4.98 Å². The number of Topliss-reactive ketones (excluding diaryl/α,β-unsaturated/α-hetero) is 1. The van der Waals surface area contributed by atoms with Crippen molar-refractivity contribution in [3.63, 3.8) is 0 Å². The van der Waals surface area contributed by atoms with Gasteiger partial charge in [0.25, 0.3) is 0 Å². The Balaban J connectivity index is 0.000000741. The summed E-state index contributed by atoms with van der Waals surface area (Å²) in [5, 5.41) is 0. The molecule has 19 heavy (non-hydrogen) atoms. The zero-order chi connectivity index (χ0) is 14.7. The van der Waals surface area contributed by atoms with Crippen molar-refractivity contribution in [1.29, 1.82) is 0 Å². The van der Waals surface area contributed by atoms with Crippen LogP contribution in [-0.4, -0.2) is 10.8 Å². The molecule has 0 amide bonds. The van der Waals surface area contributed by atoms with Gasteiger partial charge in [-0.25, -0.2) is 0 Å². The number of ketones is 1. The summed E-state index contributed by atoms with van der Waals surface area (Å²) in [6.45, 7) is 9.57. The first kappa shape index (κ1) is 17.0. The maximum atomic E-state index is 11.1. The number of rotatable bonds is 2. The average molecular weight is 257 g/mol. The van der Waals surface area contributed by atoms with Crippen LogP contribution in [-0.2, 0) is 0 Å². The number of carbonyl (C=O) groups is 1. The van der Waals surface area contributed by atoms with Crippen LogP contribution < -0.4 is 0 Å². The van der Waals surface area contributed by atoms with Gasteiger partial charge in [-0.1, -0.05) is 58.0 Å². The van der Waals surface area contributed by atoms with E-state index in [1.54, 1.807) is 13.1 Å². The predicted molar refractivity (Wildman–Crippen MR) is 82.4 cm³/mol. The summed E-state index contributed by atoms with van der Waals surface area (Å²) in [5.41, 5.74) is 2.88. The van der Waals surface area contributed by atoms with E-state index in [0.717, 1.165) is 16.7 Å². The molecule has 2 heteroatoms. The van der Waals surface area contributed by atoms with E-state index in [1.807, 2.05) is 70.3 Å². The molecule has 0 unspecified atom stereocenters. The van der Waals surface area contributed by atoms with Gasteiger partial charge in [-0.2, -0.15) is 0 Å². The van der Waals surface area contributed by atoms with E-state index >= 15 is 0 Å². The van der Waals surface area contributed by atoms with Gasteiger partial charge in [0.2, 0.25) is 0 Å². The lowest BCUT2D eigenvalue weighted by Gasteiger charge is -2.01. The Hall–Kier alpha value is -1.96. The molecular weight excluding hydrogens is 234 g/mol. The topological polar surface area (TPSA) is 30.0 Å². The van der Waals surface area contributed by atoms with Crippen LogP contribution in [0.25, 0.3) is 11.1 Å². The van der Waals surface area contributed by atoms with Crippen LogP contribution in [0.15, 0.2) is 48.8 Å². The number of nitrogens with zero attached hydrogens (tertiary/aromatic N) is 1. The van der Waals surface area contributed by atoms with E-state index in [-0.39, 0.29) is 5.78 Å². The third-order valence-corrected chi connectivity index (χ3v) is 2.29. The second-order valence-corrected chi connectivity index (χ2v) is 3.38. The molecule has 0 saturated heterocycles. The molecule has 1 aromatic carbocycles. The summed E-state index contributed by atoms with van der Waals surface area (Å²) >= 11 is 0. The Morgan fingerprint density at radius 2 is 1.47 bits per heavy atom. The van der Waals surface area contributed by atoms with Crippen LogP contribution in [0.2, 0.25) is 0 Å². The second-order valence-electron chi connectivity index (χ2n) is 3.38. The highest BCUT2D eigenvalue weighted by molar-refractivity contribution is 5.94. The molecule has 2 aromatic rings. The minimum absolute atomic E-state index is 0.0905. The SMILES string of the molecule is CC.CC.CC(=O)c1ccc(-c2cccnc2)cc1. The normalized spacial score (nSPS) is 8.47. The molecule has 2 nitrogen and oxygen atoms in total. The molecular formula is C17H23NO. The number of pyridine rings is 1. The summed E-state index contributed by atoms with van der Waals surface area (Å²) in [5.74, 6) is 0.0905. The van der Waals surface area contributed by atoms with Gasteiger partial charge in [0, 0.05) is 18.0 Å². The molecule has 0 aliphatic heterocycles. The molecule has 0 fully saturated rings. The highest BCUT2D eigenvalue weighted by atomic mass is 16.1. The molecule has 0 aliphatic rings. The minimum atomic E-state index is 0.0905. The second kappa shape index (κ2) is 10.0. The van der Waals surface area contributed by atoms with E-state index in [9.17, 15) is 4.79 Å². The fourth-order valence-corrected chi connectivity index (χ4v) is 1.43. The molecule has 102 valence electrons. The van der Waals surface area contributed by atoms with E-state index in [1.165, 1.54) is 0 Å². The lowest BCUT2D eigenvalue weighted by Crippen LogP contribution is -1.90. The predicted octanol–water partition coefficient (Wildman–Crippen LogP) is 5.00. The molecule has 0 atom stereocenters. The number of hydrogen-bond donors (Lipinski definition) is 0. The molecule has 0 spiro atoms. The van der Waals surface area contributed by atoms with Gasteiger partial charge < -0.3 is 0 Å². The van der Waals surface area contributed by atoms with Gasteiger partial charge in [-0.3, -0.25) is 9.78 Å². The first-order valence-corrected chi connectivity index (χ1v) is 6.79. The summed E-state index contributed by atoms with van der Waals surface area (Å²) in [7, 11) is 0. The first-order valence-electron chi connectivity index (χ1n) is 6.79. The summed E-state index contributed by atoms with van der Waals surface area (Å²) in [6, 6.07) is 11.4. The number of hydrogen-bond acceptors (Lipinski definition) is 2. The summed E-state index contributed by atoms with van der Waals surface area (Å²) in [6.07, 6.45) is 3.55. The van der Waals surface area contributed by atoms with Gasteiger partial charge in [0.05, 0.1) is 0 Å². The lowest BCUT2D eigenvalue weighted by molar-refractivity contribution is 0.101. The Morgan fingerprint density at radius 1 is 0.895 bits per heavy atom. The van der Waals surface area contributed by atoms with Crippen LogP contribution in [0.1, 0.15) is 45.0 Å².